The van der Waals surface area contributed by atoms with Gasteiger partial charge < -0.3 is 4.98 Å². The summed E-state index contributed by atoms with van der Waals surface area (Å²) in [6.07, 6.45) is 3.42. The second-order valence-corrected chi connectivity index (χ2v) is 5.35. The average molecular weight is 312 g/mol. The fourth-order valence-corrected chi connectivity index (χ4v) is 2.79. The molecule has 1 aromatic carbocycles. The number of nitrogens with one attached hydrogen (secondary N) is 1. The Morgan fingerprint density at radius 2 is 2.00 bits per heavy atom. The normalized spacial score (nSPS) is 11.4. The third-order valence-corrected chi connectivity index (χ3v) is 3.80. The van der Waals surface area contributed by atoms with Gasteiger partial charge in [-0.05, 0) is 36.8 Å². The number of halogens is 1. The predicted octanol–water partition coefficient (Wildman–Crippen LogP) is 2.59. The summed E-state index contributed by atoms with van der Waals surface area (Å²) in [4.78, 5) is 23.2. The number of pyridine rings is 1. The van der Waals surface area contributed by atoms with Crippen molar-refractivity contribution < 1.29 is 0 Å². The quantitative estimate of drug-likeness (QED) is 0.586. The summed E-state index contributed by atoms with van der Waals surface area (Å²) in [7, 11) is 0. The maximum Gasteiger partial charge on any atom is 0.348 e. The Balaban J connectivity index is 2.14. The lowest BCUT2D eigenvalue weighted by Gasteiger charge is -2.07. The zero-order valence-corrected chi connectivity index (χ0v) is 12.3. The van der Waals surface area contributed by atoms with E-state index < -0.39 is 0 Å². The van der Waals surface area contributed by atoms with Crippen molar-refractivity contribution in [2.45, 2.75) is 6.92 Å². The van der Waals surface area contributed by atoms with Crippen LogP contribution in [0.25, 0.3) is 27.7 Å². The molecular weight excluding hydrogens is 302 g/mol. The molecule has 3 aromatic heterocycles. The third-order valence-electron chi connectivity index (χ3n) is 3.49. The lowest BCUT2D eigenvalue weighted by molar-refractivity contribution is 0.863. The summed E-state index contributed by atoms with van der Waals surface area (Å²) in [5.41, 5.74) is 2.61. The molecule has 108 valence electrons. The molecular formula is C15H10ClN5O. The molecule has 0 fully saturated rings. The summed E-state index contributed by atoms with van der Waals surface area (Å²) in [5, 5.41) is 5.45. The second kappa shape index (κ2) is 4.64. The molecule has 4 aromatic rings. The van der Waals surface area contributed by atoms with E-state index in [1.54, 1.807) is 25.4 Å². The molecule has 0 amide bonds. The van der Waals surface area contributed by atoms with Crippen LogP contribution in [0.4, 0.5) is 0 Å². The van der Waals surface area contributed by atoms with E-state index >= 15 is 0 Å². The van der Waals surface area contributed by atoms with Crippen LogP contribution in [-0.2, 0) is 0 Å². The van der Waals surface area contributed by atoms with Crippen LogP contribution >= 0.6 is 11.6 Å². The maximum absolute atomic E-state index is 12.0. The van der Waals surface area contributed by atoms with Crippen LogP contribution < -0.4 is 5.69 Å². The van der Waals surface area contributed by atoms with Crippen molar-refractivity contribution in [3.8, 4) is 11.1 Å². The Kier molecular flexibility index (Phi) is 2.74. The molecule has 0 bridgehead atoms. The number of aromatic amines is 1. The van der Waals surface area contributed by atoms with Gasteiger partial charge in [0.15, 0.2) is 5.65 Å². The highest BCUT2D eigenvalue weighted by Gasteiger charge is 2.12. The number of aromatic nitrogens is 5. The van der Waals surface area contributed by atoms with E-state index in [1.165, 1.54) is 4.52 Å². The molecule has 0 spiro atoms. The van der Waals surface area contributed by atoms with Gasteiger partial charge in [-0.2, -0.15) is 4.52 Å². The minimum atomic E-state index is -0.337. The van der Waals surface area contributed by atoms with Crippen LogP contribution in [0.15, 0.2) is 41.5 Å². The number of nitrogens with zero attached hydrogens (tertiary/aromatic N) is 4. The second-order valence-electron chi connectivity index (χ2n) is 4.94. The molecule has 0 saturated carbocycles. The summed E-state index contributed by atoms with van der Waals surface area (Å²) < 4.78 is 1.27. The zero-order chi connectivity index (χ0) is 15.3. The van der Waals surface area contributed by atoms with Gasteiger partial charge in [-0.15, -0.1) is 5.10 Å². The summed E-state index contributed by atoms with van der Waals surface area (Å²) in [5.74, 6) is 0.540. The molecule has 0 aliphatic rings. The molecule has 0 saturated heterocycles. The van der Waals surface area contributed by atoms with E-state index in [0.717, 1.165) is 16.5 Å². The van der Waals surface area contributed by atoms with E-state index in [9.17, 15) is 4.79 Å². The van der Waals surface area contributed by atoms with Crippen molar-refractivity contribution in [1.82, 2.24) is 24.6 Å². The topological polar surface area (TPSA) is 75.9 Å². The van der Waals surface area contributed by atoms with E-state index in [1.807, 2.05) is 18.2 Å². The molecule has 4 rings (SSSR count). The first-order valence-corrected chi connectivity index (χ1v) is 7.00. The van der Waals surface area contributed by atoms with Crippen LogP contribution in [0.2, 0.25) is 5.02 Å². The van der Waals surface area contributed by atoms with E-state index in [4.69, 9.17) is 11.6 Å². The maximum atomic E-state index is 12.0. The number of rotatable bonds is 1. The number of hydrogen-bond donors (Lipinski definition) is 1. The van der Waals surface area contributed by atoms with Gasteiger partial charge in [-0.25, -0.2) is 9.78 Å². The highest BCUT2D eigenvalue weighted by Crippen LogP contribution is 2.32. The van der Waals surface area contributed by atoms with Gasteiger partial charge in [-0.3, -0.25) is 4.98 Å². The Labute approximate surface area is 129 Å². The first-order valence-electron chi connectivity index (χ1n) is 6.63. The van der Waals surface area contributed by atoms with Crippen molar-refractivity contribution in [3.05, 3.63) is 58.0 Å². The van der Waals surface area contributed by atoms with Crippen molar-refractivity contribution in [1.29, 1.82) is 0 Å². The minimum absolute atomic E-state index is 0.337. The van der Waals surface area contributed by atoms with Crippen molar-refractivity contribution in [2.24, 2.45) is 0 Å². The molecule has 0 radical (unpaired) electrons. The molecule has 1 N–H and O–H groups in total. The van der Waals surface area contributed by atoms with Crippen molar-refractivity contribution in [3.63, 3.8) is 0 Å². The van der Waals surface area contributed by atoms with Gasteiger partial charge in [0.1, 0.15) is 5.82 Å². The lowest BCUT2D eigenvalue weighted by Crippen LogP contribution is -2.17. The number of H-pyrrole nitrogens is 1. The van der Waals surface area contributed by atoms with Gasteiger partial charge in [0.05, 0.1) is 10.5 Å². The van der Waals surface area contributed by atoms with E-state index in [-0.39, 0.29) is 5.69 Å². The highest BCUT2D eigenvalue weighted by molar-refractivity contribution is 6.34. The van der Waals surface area contributed by atoms with Gasteiger partial charge in [0.2, 0.25) is 0 Å². The van der Waals surface area contributed by atoms with Crippen LogP contribution in [0, 0.1) is 6.92 Å². The monoisotopic (exact) mass is 311 g/mol. The molecule has 0 unspecified atom stereocenters. The third kappa shape index (κ3) is 1.88. The number of benzene rings is 1. The molecule has 7 heteroatoms. The highest BCUT2D eigenvalue weighted by atomic mass is 35.5. The Morgan fingerprint density at radius 3 is 2.77 bits per heavy atom. The predicted molar refractivity (Wildman–Crippen MR) is 84.1 cm³/mol. The van der Waals surface area contributed by atoms with Crippen LogP contribution in [0.3, 0.4) is 0 Å². The molecule has 0 atom stereocenters. The number of aryl methyl sites for hydroxylation is 1. The van der Waals surface area contributed by atoms with Crippen molar-refractivity contribution >= 4 is 28.2 Å². The Bertz CT molecular complexity index is 1070. The molecule has 22 heavy (non-hydrogen) atoms. The van der Waals surface area contributed by atoms with Crippen LogP contribution in [0.1, 0.15) is 5.82 Å². The summed E-state index contributed by atoms with van der Waals surface area (Å²) in [6, 6.07) is 7.40. The zero-order valence-electron chi connectivity index (χ0n) is 11.5. The smallest absolute Gasteiger partial charge is 0.305 e. The van der Waals surface area contributed by atoms with Gasteiger partial charge in [0.25, 0.3) is 0 Å². The molecule has 0 aliphatic carbocycles. The minimum Gasteiger partial charge on any atom is -0.305 e. The Hall–Kier alpha value is -2.73. The number of hydrogen-bond acceptors (Lipinski definition) is 4. The first-order chi connectivity index (χ1) is 10.6. The number of fused-ring (bicyclic) bond motifs is 3. The van der Waals surface area contributed by atoms with E-state index in [0.29, 0.717) is 22.0 Å². The standard InChI is InChI=1S/C15H10ClN5O/c1-8-18-14-11-6-10(9-2-4-17-5-3-9)12(16)7-13(11)19-15(22)21(14)20-8/h2-7H,1H3,(H,19,22). The molecule has 0 aliphatic heterocycles. The fourth-order valence-electron chi connectivity index (χ4n) is 2.51. The lowest BCUT2D eigenvalue weighted by atomic mass is 10.0. The first kappa shape index (κ1) is 13.0. The molecule has 6 nitrogen and oxygen atoms in total. The van der Waals surface area contributed by atoms with Gasteiger partial charge in [0, 0.05) is 23.3 Å². The largest absolute Gasteiger partial charge is 0.348 e. The van der Waals surface area contributed by atoms with Crippen molar-refractivity contribution in [2.75, 3.05) is 0 Å². The molecule has 3 heterocycles. The van der Waals surface area contributed by atoms with E-state index in [2.05, 4.69) is 20.1 Å². The average Bonchev–Trinajstić information content (AvgIpc) is 2.90. The van der Waals surface area contributed by atoms with Gasteiger partial charge >= 0.3 is 5.69 Å². The van der Waals surface area contributed by atoms with Gasteiger partial charge in [-0.1, -0.05) is 11.6 Å². The SMILES string of the molecule is Cc1nc2c3cc(-c4ccncc4)c(Cl)cc3[nH]c(=O)n2n1. The van der Waals surface area contributed by atoms with Crippen LogP contribution in [0.5, 0.6) is 0 Å². The fraction of sp³-hybridized carbons (Fsp3) is 0.0667. The summed E-state index contributed by atoms with van der Waals surface area (Å²) in [6.45, 7) is 1.75. The summed E-state index contributed by atoms with van der Waals surface area (Å²) >= 11 is 6.36. The Morgan fingerprint density at radius 1 is 1.23 bits per heavy atom. The van der Waals surface area contributed by atoms with Crippen LogP contribution in [-0.4, -0.2) is 24.6 Å².